The number of aryl methyl sites for hydroxylation is 1. The van der Waals surface area contributed by atoms with E-state index in [-0.39, 0.29) is 23.5 Å². The van der Waals surface area contributed by atoms with Crippen LogP contribution in [0.1, 0.15) is 24.2 Å². The third kappa shape index (κ3) is 3.48. The van der Waals surface area contributed by atoms with Gasteiger partial charge in [-0.15, -0.1) is 0 Å². The summed E-state index contributed by atoms with van der Waals surface area (Å²) in [5, 5.41) is 6.91. The third-order valence-corrected chi connectivity index (χ3v) is 4.07. The van der Waals surface area contributed by atoms with Crippen molar-refractivity contribution in [2.75, 3.05) is 5.32 Å². The molecule has 7 heteroatoms. The van der Waals surface area contributed by atoms with E-state index >= 15 is 0 Å². The molecule has 0 saturated carbocycles. The summed E-state index contributed by atoms with van der Waals surface area (Å²) in [6.45, 7) is 3.27. The minimum absolute atomic E-state index is 0.0274. The topological polar surface area (TPSA) is 64.0 Å². The molecule has 0 atom stereocenters. The van der Waals surface area contributed by atoms with Crippen molar-refractivity contribution < 1.29 is 13.6 Å². The molecule has 0 aliphatic rings. The fraction of sp³-hybridized carbons (Fsp3) is 0.150. The first-order chi connectivity index (χ1) is 12.9. The van der Waals surface area contributed by atoms with Crippen LogP contribution in [0.2, 0.25) is 0 Å². The lowest BCUT2D eigenvalue weighted by Crippen LogP contribution is -2.28. The molecule has 2 aromatic carbocycles. The van der Waals surface area contributed by atoms with Crippen LogP contribution in [0.4, 0.5) is 20.2 Å². The molecular weight excluding hydrogens is 352 g/mol. The van der Waals surface area contributed by atoms with Gasteiger partial charge < -0.3 is 5.32 Å². The minimum atomic E-state index is -1.13. The molecule has 3 rings (SSSR count). The number of anilines is 2. The number of nitrogens with one attached hydrogen (secondary N) is 1. The number of benzene rings is 2. The van der Waals surface area contributed by atoms with Gasteiger partial charge >= 0.3 is 0 Å². The number of carbonyl (C=O) groups is 1. The monoisotopic (exact) mass is 369 g/mol. The van der Waals surface area contributed by atoms with E-state index in [9.17, 15) is 18.4 Å². The summed E-state index contributed by atoms with van der Waals surface area (Å²) in [5.41, 5.74) is -0.00713. The molecule has 3 aromatic rings. The van der Waals surface area contributed by atoms with E-state index in [0.717, 1.165) is 6.07 Å². The van der Waals surface area contributed by atoms with Crippen molar-refractivity contribution in [1.29, 1.82) is 0 Å². The van der Waals surface area contributed by atoms with Gasteiger partial charge in [0.15, 0.2) is 17.4 Å². The van der Waals surface area contributed by atoms with Crippen LogP contribution in [0.25, 0.3) is 11.3 Å². The Labute approximate surface area is 154 Å². The van der Waals surface area contributed by atoms with E-state index in [0.29, 0.717) is 11.3 Å². The van der Waals surface area contributed by atoms with Crippen molar-refractivity contribution in [1.82, 2.24) is 9.78 Å². The Kier molecular flexibility index (Phi) is 5.12. The van der Waals surface area contributed by atoms with Crippen LogP contribution in [-0.2, 0) is 6.54 Å². The first-order valence-electron chi connectivity index (χ1n) is 8.36. The number of Topliss-reactive ketones (excluding diaryl/α,β-unsaturated/α-hetero) is 1. The van der Waals surface area contributed by atoms with E-state index in [1.165, 1.54) is 23.7 Å². The summed E-state index contributed by atoms with van der Waals surface area (Å²) in [4.78, 5) is 25.1. The smallest absolute Gasteiger partial charge is 0.291 e. The molecule has 0 radical (unpaired) electrons. The maximum absolute atomic E-state index is 14.1. The molecule has 1 N–H and O–H groups in total. The molecular formula is C20H17F2N3O2. The summed E-state index contributed by atoms with van der Waals surface area (Å²) in [6.07, 6.45) is 0. The predicted molar refractivity (Wildman–Crippen MR) is 99.3 cm³/mol. The van der Waals surface area contributed by atoms with Crippen molar-refractivity contribution >= 4 is 17.2 Å². The number of halogens is 2. The lowest BCUT2D eigenvalue weighted by atomic mass is 10.0. The summed E-state index contributed by atoms with van der Waals surface area (Å²) >= 11 is 0. The second kappa shape index (κ2) is 7.49. The summed E-state index contributed by atoms with van der Waals surface area (Å²) < 4.78 is 28.8. The molecule has 0 spiro atoms. The Balaban J connectivity index is 2.30. The molecule has 0 saturated heterocycles. The third-order valence-electron chi connectivity index (χ3n) is 4.07. The van der Waals surface area contributed by atoms with E-state index < -0.39 is 23.0 Å². The van der Waals surface area contributed by atoms with Gasteiger partial charge in [0.05, 0.1) is 11.3 Å². The largest absolute Gasteiger partial charge is 0.348 e. The van der Waals surface area contributed by atoms with Crippen molar-refractivity contribution in [2.24, 2.45) is 0 Å². The van der Waals surface area contributed by atoms with Gasteiger partial charge in [0, 0.05) is 12.1 Å². The molecule has 0 bridgehead atoms. The van der Waals surface area contributed by atoms with E-state index in [1.807, 2.05) is 6.07 Å². The molecule has 1 heterocycles. The van der Waals surface area contributed by atoms with Crippen molar-refractivity contribution in [3.05, 3.63) is 76.1 Å². The van der Waals surface area contributed by atoms with E-state index in [4.69, 9.17) is 0 Å². The summed E-state index contributed by atoms with van der Waals surface area (Å²) in [5.74, 6) is -2.61. The van der Waals surface area contributed by atoms with Crippen LogP contribution in [0.5, 0.6) is 0 Å². The zero-order valence-electron chi connectivity index (χ0n) is 14.8. The Morgan fingerprint density at radius 1 is 1.11 bits per heavy atom. The molecule has 0 amide bonds. The highest BCUT2D eigenvalue weighted by Crippen LogP contribution is 2.28. The first-order valence-corrected chi connectivity index (χ1v) is 8.36. The van der Waals surface area contributed by atoms with Crippen molar-refractivity contribution in [3.8, 4) is 11.3 Å². The predicted octanol–water partition coefficient (Wildman–Crippen LogP) is 4.15. The highest BCUT2D eigenvalue weighted by Gasteiger charge is 2.23. The van der Waals surface area contributed by atoms with Crippen LogP contribution >= 0.6 is 0 Å². The Morgan fingerprint density at radius 3 is 2.44 bits per heavy atom. The molecule has 0 fully saturated rings. The molecule has 27 heavy (non-hydrogen) atoms. The zero-order chi connectivity index (χ0) is 19.6. The van der Waals surface area contributed by atoms with E-state index in [1.54, 1.807) is 31.2 Å². The van der Waals surface area contributed by atoms with Crippen LogP contribution in [0, 0.1) is 11.6 Å². The molecule has 0 aliphatic heterocycles. The number of nitrogens with zero attached hydrogens (tertiary/aromatic N) is 2. The van der Waals surface area contributed by atoms with Crippen LogP contribution in [-0.4, -0.2) is 15.6 Å². The van der Waals surface area contributed by atoms with E-state index in [2.05, 4.69) is 10.4 Å². The standard InChI is InChI=1S/C20H17F2N3O2/c1-3-25-20(27)19(23-15-11-7-10-14(21)17(15)22)16(12(2)26)18(24-25)13-8-5-4-6-9-13/h4-11,23H,3H2,1-2H3. The molecule has 0 unspecified atom stereocenters. The van der Waals surface area contributed by atoms with Gasteiger partial charge in [0.1, 0.15) is 11.4 Å². The SMILES string of the molecule is CCn1nc(-c2ccccc2)c(C(C)=O)c(Nc2cccc(F)c2F)c1=O. The maximum Gasteiger partial charge on any atom is 0.291 e. The number of hydrogen-bond acceptors (Lipinski definition) is 4. The first kappa shape index (κ1) is 18.4. The molecule has 0 aliphatic carbocycles. The van der Waals surface area contributed by atoms with Crippen LogP contribution in [0.3, 0.4) is 0 Å². The number of ketones is 1. The fourth-order valence-corrected chi connectivity index (χ4v) is 2.78. The number of rotatable bonds is 5. The number of aromatic nitrogens is 2. The zero-order valence-corrected chi connectivity index (χ0v) is 14.8. The van der Waals surface area contributed by atoms with Crippen LogP contribution < -0.4 is 10.9 Å². The molecule has 1 aromatic heterocycles. The summed E-state index contributed by atoms with van der Waals surface area (Å²) in [7, 11) is 0. The number of carbonyl (C=O) groups excluding carboxylic acids is 1. The van der Waals surface area contributed by atoms with Gasteiger partial charge in [0.2, 0.25) is 0 Å². The lowest BCUT2D eigenvalue weighted by molar-refractivity contribution is 0.101. The van der Waals surface area contributed by atoms with Crippen molar-refractivity contribution in [3.63, 3.8) is 0 Å². The fourth-order valence-electron chi connectivity index (χ4n) is 2.78. The number of hydrogen-bond donors (Lipinski definition) is 1. The Hall–Kier alpha value is -3.35. The second-order valence-electron chi connectivity index (χ2n) is 5.87. The molecule has 138 valence electrons. The Morgan fingerprint density at radius 2 is 1.81 bits per heavy atom. The van der Waals surface area contributed by atoms with Gasteiger partial charge in [-0.2, -0.15) is 5.10 Å². The Bertz CT molecular complexity index is 1060. The van der Waals surface area contributed by atoms with Gasteiger partial charge in [-0.25, -0.2) is 13.5 Å². The molecule has 5 nitrogen and oxygen atoms in total. The normalized spacial score (nSPS) is 10.7. The minimum Gasteiger partial charge on any atom is -0.348 e. The quantitative estimate of drug-likeness (QED) is 0.686. The van der Waals surface area contributed by atoms with Gasteiger partial charge in [0.25, 0.3) is 5.56 Å². The highest BCUT2D eigenvalue weighted by atomic mass is 19.2. The lowest BCUT2D eigenvalue weighted by Gasteiger charge is -2.16. The second-order valence-corrected chi connectivity index (χ2v) is 5.87. The van der Waals surface area contributed by atoms with Crippen LogP contribution in [0.15, 0.2) is 53.3 Å². The van der Waals surface area contributed by atoms with Gasteiger partial charge in [-0.05, 0) is 26.0 Å². The average molecular weight is 369 g/mol. The van der Waals surface area contributed by atoms with Gasteiger partial charge in [-0.3, -0.25) is 9.59 Å². The summed E-state index contributed by atoms with van der Waals surface area (Å²) in [6, 6.07) is 12.5. The maximum atomic E-state index is 14.1. The van der Waals surface area contributed by atoms with Crippen molar-refractivity contribution in [2.45, 2.75) is 20.4 Å². The average Bonchev–Trinajstić information content (AvgIpc) is 2.67. The van der Waals surface area contributed by atoms with Gasteiger partial charge in [-0.1, -0.05) is 36.4 Å². The highest BCUT2D eigenvalue weighted by molar-refractivity contribution is 6.05.